The van der Waals surface area contributed by atoms with E-state index in [0.717, 1.165) is 27.9 Å². The lowest BCUT2D eigenvalue weighted by Gasteiger charge is -2.12. The monoisotopic (exact) mass is 510 g/mol. The average molecular weight is 511 g/mol. The first-order valence-corrected chi connectivity index (χ1v) is 13.5. The molecular formula is C30H26N2O4S. The van der Waals surface area contributed by atoms with Gasteiger partial charge in [-0.3, -0.25) is 4.79 Å². The zero-order chi connectivity index (χ0) is 26.0. The molecule has 0 aliphatic carbocycles. The number of rotatable bonds is 8. The number of Topliss-reactive ketones (excluding diaryl/α,β-unsaturated/α-hetero) is 1. The van der Waals surface area contributed by atoms with Crippen LogP contribution in [0, 0.1) is 6.92 Å². The predicted molar refractivity (Wildman–Crippen MR) is 145 cm³/mol. The number of ether oxygens (including phenoxy) is 1. The van der Waals surface area contributed by atoms with Crippen molar-refractivity contribution in [1.82, 2.24) is 9.55 Å². The van der Waals surface area contributed by atoms with E-state index < -0.39 is 21.4 Å². The number of ketones is 1. The highest BCUT2D eigenvalue weighted by molar-refractivity contribution is 7.92. The number of aromatic nitrogens is 2. The minimum absolute atomic E-state index is 0.133. The van der Waals surface area contributed by atoms with Gasteiger partial charge in [0.15, 0.2) is 15.6 Å². The molecule has 0 atom stereocenters. The summed E-state index contributed by atoms with van der Waals surface area (Å²) in [6.45, 7) is 2.13. The molecule has 5 rings (SSSR count). The van der Waals surface area contributed by atoms with E-state index in [4.69, 9.17) is 4.74 Å². The summed E-state index contributed by atoms with van der Waals surface area (Å²) in [6.07, 6.45) is 0. The van der Waals surface area contributed by atoms with Gasteiger partial charge >= 0.3 is 0 Å². The Labute approximate surface area is 216 Å². The van der Waals surface area contributed by atoms with E-state index in [9.17, 15) is 13.2 Å². The molecule has 37 heavy (non-hydrogen) atoms. The largest absolute Gasteiger partial charge is 0.497 e. The zero-order valence-corrected chi connectivity index (χ0v) is 21.4. The molecule has 0 radical (unpaired) electrons. The topological polar surface area (TPSA) is 78.3 Å². The van der Waals surface area contributed by atoms with Crippen molar-refractivity contribution in [3.63, 3.8) is 0 Å². The zero-order valence-electron chi connectivity index (χ0n) is 20.6. The first-order valence-electron chi connectivity index (χ1n) is 11.9. The number of nitrogens with zero attached hydrogens (tertiary/aromatic N) is 2. The normalized spacial score (nSPS) is 11.5. The van der Waals surface area contributed by atoms with Crippen molar-refractivity contribution in [1.29, 1.82) is 0 Å². The quantitative estimate of drug-likeness (QED) is 0.249. The van der Waals surface area contributed by atoms with Gasteiger partial charge in [-0.15, -0.1) is 0 Å². The van der Waals surface area contributed by atoms with Gasteiger partial charge in [0, 0.05) is 16.6 Å². The van der Waals surface area contributed by atoms with Gasteiger partial charge in [0.1, 0.15) is 17.2 Å². The number of pyridine rings is 1. The minimum atomic E-state index is -3.79. The fraction of sp³-hybridized carbons (Fsp3) is 0.133. The Kier molecular flexibility index (Phi) is 6.63. The van der Waals surface area contributed by atoms with Crippen LogP contribution in [0.15, 0.2) is 102 Å². The Morgan fingerprint density at radius 1 is 0.892 bits per heavy atom. The molecule has 0 fully saturated rings. The summed E-state index contributed by atoms with van der Waals surface area (Å²) < 4.78 is 33.4. The number of carbonyl (C=O) groups is 1. The SMILES string of the molecule is COc1ccc2c(c1)cc(-c1ccccc1)n2Cc1cccc(C(=O)CS(=O)(=O)c2ccccc2C)n1. The number of carbonyl (C=O) groups excluding carboxylic acids is 1. The highest BCUT2D eigenvalue weighted by atomic mass is 32.2. The molecular weight excluding hydrogens is 484 g/mol. The highest BCUT2D eigenvalue weighted by Crippen LogP contribution is 2.31. The molecule has 186 valence electrons. The lowest BCUT2D eigenvalue weighted by atomic mass is 10.1. The van der Waals surface area contributed by atoms with Crippen LogP contribution in [0.3, 0.4) is 0 Å². The number of hydrogen-bond acceptors (Lipinski definition) is 5. The molecule has 0 amide bonds. The summed E-state index contributed by atoms with van der Waals surface area (Å²) >= 11 is 0. The number of sulfone groups is 1. The van der Waals surface area contributed by atoms with Gasteiger partial charge in [-0.05, 0) is 60.5 Å². The smallest absolute Gasteiger partial charge is 0.196 e. The van der Waals surface area contributed by atoms with E-state index in [-0.39, 0.29) is 10.6 Å². The van der Waals surface area contributed by atoms with Crippen molar-refractivity contribution in [2.75, 3.05) is 12.9 Å². The molecule has 0 aliphatic rings. The van der Waals surface area contributed by atoms with Crippen LogP contribution in [0.25, 0.3) is 22.2 Å². The van der Waals surface area contributed by atoms with Crippen LogP contribution in [0.4, 0.5) is 0 Å². The van der Waals surface area contributed by atoms with Crippen LogP contribution >= 0.6 is 0 Å². The van der Waals surface area contributed by atoms with Crippen molar-refractivity contribution in [2.45, 2.75) is 18.4 Å². The lowest BCUT2D eigenvalue weighted by molar-refractivity contribution is 0.101. The third-order valence-electron chi connectivity index (χ3n) is 6.34. The highest BCUT2D eigenvalue weighted by Gasteiger charge is 2.23. The van der Waals surface area contributed by atoms with Crippen LogP contribution in [-0.2, 0) is 16.4 Å². The van der Waals surface area contributed by atoms with Gasteiger partial charge in [-0.2, -0.15) is 0 Å². The fourth-order valence-corrected chi connectivity index (χ4v) is 6.00. The van der Waals surface area contributed by atoms with E-state index in [1.807, 2.05) is 54.6 Å². The second kappa shape index (κ2) is 10.0. The van der Waals surface area contributed by atoms with Crippen LogP contribution in [0.2, 0.25) is 0 Å². The van der Waals surface area contributed by atoms with Crippen LogP contribution < -0.4 is 4.74 Å². The molecule has 0 saturated heterocycles. The van der Waals surface area contributed by atoms with Crippen molar-refractivity contribution in [3.05, 3.63) is 114 Å². The summed E-state index contributed by atoms with van der Waals surface area (Å²) in [5, 5.41) is 1.02. The molecule has 0 N–H and O–H groups in total. The van der Waals surface area contributed by atoms with E-state index in [2.05, 4.69) is 15.6 Å². The van der Waals surface area contributed by atoms with E-state index in [1.54, 1.807) is 44.4 Å². The Bertz CT molecular complexity index is 1710. The number of fused-ring (bicyclic) bond motifs is 1. The van der Waals surface area contributed by atoms with Gasteiger partial charge in [0.05, 0.1) is 24.2 Å². The second-order valence-electron chi connectivity index (χ2n) is 8.87. The van der Waals surface area contributed by atoms with Crippen LogP contribution in [0.1, 0.15) is 21.7 Å². The Morgan fingerprint density at radius 2 is 1.65 bits per heavy atom. The maximum atomic E-state index is 13.0. The van der Waals surface area contributed by atoms with Gasteiger partial charge in [0.25, 0.3) is 0 Å². The van der Waals surface area contributed by atoms with Gasteiger partial charge in [0.2, 0.25) is 0 Å². The molecule has 0 bridgehead atoms. The van der Waals surface area contributed by atoms with Crippen molar-refractivity contribution < 1.29 is 17.9 Å². The van der Waals surface area contributed by atoms with Crippen LogP contribution in [0.5, 0.6) is 5.75 Å². The van der Waals surface area contributed by atoms with E-state index >= 15 is 0 Å². The predicted octanol–water partition coefficient (Wildman–Crippen LogP) is 5.73. The molecule has 5 aromatic rings. The summed E-state index contributed by atoms with van der Waals surface area (Å²) in [5.74, 6) is -0.393. The van der Waals surface area contributed by atoms with Crippen LogP contribution in [-0.4, -0.2) is 36.6 Å². The molecule has 0 spiro atoms. The first-order chi connectivity index (χ1) is 17.9. The number of hydrogen-bond donors (Lipinski definition) is 0. The Hall–Kier alpha value is -4.23. The third kappa shape index (κ3) is 5.04. The molecule has 6 nitrogen and oxygen atoms in total. The van der Waals surface area contributed by atoms with Gasteiger partial charge in [-0.1, -0.05) is 54.6 Å². The third-order valence-corrected chi connectivity index (χ3v) is 8.11. The molecule has 3 aromatic carbocycles. The van der Waals surface area contributed by atoms with E-state index in [0.29, 0.717) is 17.8 Å². The summed E-state index contributed by atoms with van der Waals surface area (Å²) in [4.78, 5) is 17.7. The maximum absolute atomic E-state index is 13.0. The first kappa shape index (κ1) is 24.5. The standard InChI is InChI=1S/C30H26N2O4S/c1-21-9-6-7-14-30(21)37(34,35)20-29(33)26-13-8-12-24(31-26)19-32-27-16-15-25(36-2)17-23(27)18-28(32)22-10-4-3-5-11-22/h3-18H,19-20H2,1-2H3. The fourth-order valence-electron chi connectivity index (χ4n) is 4.51. The molecule has 0 saturated carbocycles. The second-order valence-corrected chi connectivity index (χ2v) is 10.8. The Balaban J connectivity index is 1.49. The maximum Gasteiger partial charge on any atom is 0.196 e. The molecule has 7 heteroatoms. The molecule has 0 aliphatic heterocycles. The average Bonchev–Trinajstić information content (AvgIpc) is 3.26. The van der Waals surface area contributed by atoms with E-state index in [1.165, 1.54) is 6.07 Å². The lowest BCUT2D eigenvalue weighted by Crippen LogP contribution is -2.19. The van der Waals surface area contributed by atoms with Crippen molar-refractivity contribution in [2.24, 2.45) is 0 Å². The number of aryl methyl sites for hydroxylation is 1. The molecule has 2 aromatic heterocycles. The molecule has 2 heterocycles. The minimum Gasteiger partial charge on any atom is -0.497 e. The Morgan fingerprint density at radius 3 is 2.41 bits per heavy atom. The number of methoxy groups -OCH3 is 1. The summed E-state index contributed by atoms with van der Waals surface area (Å²) in [5.41, 5.74) is 4.46. The van der Waals surface area contributed by atoms with Gasteiger partial charge < -0.3 is 9.30 Å². The summed E-state index contributed by atoms with van der Waals surface area (Å²) in [7, 11) is -2.15. The molecule has 0 unspecified atom stereocenters. The number of benzene rings is 3. The van der Waals surface area contributed by atoms with Gasteiger partial charge in [-0.25, -0.2) is 13.4 Å². The summed E-state index contributed by atoms with van der Waals surface area (Å²) in [6, 6.07) is 29.9. The van der Waals surface area contributed by atoms with Crippen molar-refractivity contribution in [3.8, 4) is 17.0 Å². The van der Waals surface area contributed by atoms with Crippen molar-refractivity contribution >= 4 is 26.5 Å².